The summed E-state index contributed by atoms with van der Waals surface area (Å²) in [6.07, 6.45) is 25.3. The molecule has 0 radical (unpaired) electrons. The molecule has 0 aliphatic rings. The SMILES string of the molecule is CCCCCCCC/C=C\C/C=C\C/C=C\CCCC(=O)OC(CO)CO. The first kappa shape index (κ1) is 25.6. The molecule has 4 nitrogen and oxygen atoms in total. The normalized spacial score (nSPS) is 12.1. The second-order valence-electron chi connectivity index (χ2n) is 6.81. The average Bonchev–Trinajstić information content (AvgIpc) is 2.68. The van der Waals surface area contributed by atoms with Crippen LogP contribution < -0.4 is 0 Å². The molecule has 4 heteroatoms. The molecule has 0 aliphatic heterocycles. The fraction of sp³-hybridized carbons (Fsp3) is 0.696. The van der Waals surface area contributed by atoms with E-state index in [4.69, 9.17) is 14.9 Å². The Morgan fingerprint density at radius 2 is 1.30 bits per heavy atom. The summed E-state index contributed by atoms with van der Waals surface area (Å²) >= 11 is 0. The summed E-state index contributed by atoms with van der Waals surface area (Å²) in [6.45, 7) is 1.56. The molecule has 0 atom stereocenters. The Labute approximate surface area is 166 Å². The molecule has 2 N–H and O–H groups in total. The number of hydrogen-bond donors (Lipinski definition) is 2. The van der Waals surface area contributed by atoms with E-state index < -0.39 is 6.10 Å². The third-order valence-corrected chi connectivity index (χ3v) is 4.23. The van der Waals surface area contributed by atoms with Crippen LogP contribution in [0.2, 0.25) is 0 Å². The lowest BCUT2D eigenvalue weighted by Gasteiger charge is -2.11. The zero-order valence-electron chi connectivity index (χ0n) is 17.2. The predicted octanol–water partition coefficient (Wildman–Crippen LogP) is 5.25. The van der Waals surface area contributed by atoms with Crippen molar-refractivity contribution in [3.63, 3.8) is 0 Å². The first-order valence-corrected chi connectivity index (χ1v) is 10.6. The molecular formula is C23H40O4. The number of aliphatic hydroxyl groups is 2. The number of hydrogen-bond acceptors (Lipinski definition) is 4. The molecule has 0 aromatic carbocycles. The van der Waals surface area contributed by atoms with E-state index in [1.165, 1.54) is 44.9 Å². The summed E-state index contributed by atoms with van der Waals surface area (Å²) in [5, 5.41) is 17.7. The topological polar surface area (TPSA) is 66.8 Å². The van der Waals surface area contributed by atoms with Crippen LogP contribution in [0.1, 0.15) is 84.0 Å². The molecule has 0 aromatic rings. The zero-order valence-corrected chi connectivity index (χ0v) is 17.2. The Kier molecular flexibility index (Phi) is 19.8. The van der Waals surface area contributed by atoms with E-state index in [9.17, 15) is 4.79 Å². The van der Waals surface area contributed by atoms with Crippen LogP contribution in [0.3, 0.4) is 0 Å². The highest BCUT2D eigenvalue weighted by Crippen LogP contribution is 2.07. The van der Waals surface area contributed by atoms with Crippen molar-refractivity contribution in [2.45, 2.75) is 90.1 Å². The van der Waals surface area contributed by atoms with Gasteiger partial charge in [-0.3, -0.25) is 4.79 Å². The van der Waals surface area contributed by atoms with Crippen molar-refractivity contribution in [3.05, 3.63) is 36.5 Å². The summed E-state index contributed by atoms with van der Waals surface area (Å²) in [5.41, 5.74) is 0. The van der Waals surface area contributed by atoms with Crippen LogP contribution >= 0.6 is 0 Å². The van der Waals surface area contributed by atoms with E-state index in [2.05, 4.69) is 43.4 Å². The molecule has 0 heterocycles. The summed E-state index contributed by atoms with van der Waals surface area (Å²) in [5.74, 6) is -0.371. The number of aliphatic hydroxyl groups excluding tert-OH is 2. The Morgan fingerprint density at radius 3 is 1.89 bits per heavy atom. The number of allylic oxidation sites excluding steroid dienone is 6. The Morgan fingerprint density at radius 1 is 0.778 bits per heavy atom. The third-order valence-electron chi connectivity index (χ3n) is 4.23. The number of ether oxygens (including phenoxy) is 1. The quantitative estimate of drug-likeness (QED) is 0.193. The summed E-state index contributed by atoms with van der Waals surface area (Å²) in [7, 11) is 0. The van der Waals surface area contributed by atoms with E-state index in [-0.39, 0.29) is 19.2 Å². The molecule has 0 saturated carbocycles. The van der Waals surface area contributed by atoms with Crippen LogP contribution in [-0.4, -0.2) is 35.5 Å². The van der Waals surface area contributed by atoms with Crippen molar-refractivity contribution < 1.29 is 19.7 Å². The van der Waals surface area contributed by atoms with Gasteiger partial charge in [0.15, 0.2) is 0 Å². The van der Waals surface area contributed by atoms with Crippen molar-refractivity contribution in [3.8, 4) is 0 Å². The van der Waals surface area contributed by atoms with Gasteiger partial charge in [-0.25, -0.2) is 0 Å². The molecule has 27 heavy (non-hydrogen) atoms. The van der Waals surface area contributed by atoms with Gasteiger partial charge in [0.25, 0.3) is 0 Å². The van der Waals surface area contributed by atoms with Gasteiger partial charge in [0.2, 0.25) is 0 Å². The minimum Gasteiger partial charge on any atom is -0.457 e. The Hall–Kier alpha value is -1.39. The molecule has 0 bridgehead atoms. The van der Waals surface area contributed by atoms with Crippen molar-refractivity contribution in [2.75, 3.05) is 13.2 Å². The number of esters is 1. The molecule has 0 spiro atoms. The maximum absolute atomic E-state index is 11.4. The Bertz CT molecular complexity index is 409. The minimum atomic E-state index is -0.793. The van der Waals surface area contributed by atoms with Crippen molar-refractivity contribution in [1.82, 2.24) is 0 Å². The highest BCUT2D eigenvalue weighted by Gasteiger charge is 2.11. The number of rotatable bonds is 18. The molecule has 0 rings (SSSR count). The minimum absolute atomic E-state index is 0.306. The summed E-state index contributed by atoms with van der Waals surface area (Å²) in [6, 6.07) is 0. The summed E-state index contributed by atoms with van der Waals surface area (Å²) in [4.78, 5) is 11.4. The maximum Gasteiger partial charge on any atom is 0.306 e. The van der Waals surface area contributed by atoms with E-state index >= 15 is 0 Å². The lowest BCUT2D eigenvalue weighted by Crippen LogP contribution is -2.25. The standard InChI is InChI=1S/C23H40O4/c1-2-3-4-5-6-7-8-9-10-11-12-13-14-15-16-17-18-19-23(26)27-22(20-24)21-25/h9-10,12-13,15-16,22,24-25H,2-8,11,14,17-21H2,1H3/b10-9-,13-12-,16-15-. The highest BCUT2D eigenvalue weighted by atomic mass is 16.6. The first-order valence-electron chi connectivity index (χ1n) is 10.6. The predicted molar refractivity (Wildman–Crippen MR) is 113 cm³/mol. The largest absolute Gasteiger partial charge is 0.457 e. The molecule has 0 fully saturated rings. The van der Waals surface area contributed by atoms with Crippen molar-refractivity contribution in [1.29, 1.82) is 0 Å². The van der Waals surface area contributed by atoms with E-state index in [0.29, 0.717) is 12.8 Å². The smallest absolute Gasteiger partial charge is 0.306 e. The number of carbonyl (C=O) groups is 1. The van der Waals surface area contributed by atoms with Gasteiger partial charge in [0.1, 0.15) is 6.10 Å². The average molecular weight is 381 g/mol. The van der Waals surface area contributed by atoms with E-state index in [1.54, 1.807) is 0 Å². The van der Waals surface area contributed by atoms with Crippen molar-refractivity contribution in [2.24, 2.45) is 0 Å². The fourth-order valence-corrected chi connectivity index (χ4v) is 2.56. The second kappa shape index (κ2) is 20.9. The number of unbranched alkanes of at least 4 members (excludes halogenated alkanes) is 7. The van der Waals surface area contributed by atoms with Crippen LogP contribution in [0.15, 0.2) is 36.5 Å². The maximum atomic E-state index is 11.4. The van der Waals surface area contributed by atoms with E-state index in [1.807, 2.05) is 0 Å². The van der Waals surface area contributed by atoms with E-state index in [0.717, 1.165) is 19.3 Å². The molecular weight excluding hydrogens is 340 g/mol. The lowest BCUT2D eigenvalue weighted by molar-refractivity contribution is -0.153. The van der Waals surface area contributed by atoms with Gasteiger partial charge in [-0.2, -0.15) is 0 Å². The highest BCUT2D eigenvalue weighted by molar-refractivity contribution is 5.69. The van der Waals surface area contributed by atoms with Gasteiger partial charge in [-0.05, 0) is 38.5 Å². The van der Waals surface area contributed by atoms with Crippen LogP contribution in [0.25, 0.3) is 0 Å². The first-order chi connectivity index (χ1) is 13.2. The van der Waals surface area contributed by atoms with Crippen molar-refractivity contribution >= 4 is 5.97 Å². The van der Waals surface area contributed by atoms with Gasteiger partial charge in [-0.15, -0.1) is 0 Å². The van der Waals surface area contributed by atoms with Gasteiger partial charge in [0.05, 0.1) is 13.2 Å². The molecule has 156 valence electrons. The van der Waals surface area contributed by atoms with Crippen LogP contribution in [0, 0.1) is 0 Å². The molecule has 0 amide bonds. The van der Waals surface area contributed by atoms with Crippen LogP contribution in [-0.2, 0) is 9.53 Å². The van der Waals surface area contributed by atoms with Crippen LogP contribution in [0.5, 0.6) is 0 Å². The third kappa shape index (κ3) is 19.2. The van der Waals surface area contributed by atoms with Crippen LogP contribution in [0.4, 0.5) is 0 Å². The zero-order chi connectivity index (χ0) is 20.0. The van der Waals surface area contributed by atoms with Gasteiger partial charge in [0, 0.05) is 6.42 Å². The molecule has 0 unspecified atom stereocenters. The van der Waals surface area contributed by atoms with Gasteiger partial charge >= 0.3 is 5.97 Å². The molecule has 0 aliphatic carbocycles. The van der Waals surface area contributed by atoms with Gasteiger partial charge in [-0.1, -0.05) is 75.5 Å². The molecule has 0 saturated heterocycles. The number of carbonyl (C=O) groups excluding carboxylic acids is 1. The monoisotopic (exact) mass is 380 g/mol. The Balaban J connectivity index is 3.47. The second-order valence-corrected chi connectivity index (χ2v) is 6.81. The summed E-state index contributed by atoms with van der Waals surface area (Å²) < 4.78 is 4.90. The fourth-order valence-electron chi connectivity index (χ4n) is 2.56. The molecule has 0 aromatic heterocycles. The van der Waals surface area contributed by atoms with Gasteiger partial charge < -0.3 is 14.9 Å². The lowest BCUT2D eigenvalue weighted by atomic mass is 10.1.